The van der Waals surface area contributed by atoms with Crippen LogP contribution in [0.1, 0.15) is 19.2 Å². The summed E-state index contributed by atoms with van der Waals surface area (Å²) >= 11 is 1.38. The van der Waals surface area contributed by atoms with Crippen molar-refractivity contribution >= 4 is 17.7 Å². The summed E-state index contributed by atoms with van der Waals surface area (Å²) in [7, 11) is 1.39. The molecule has 1 aromatic rings. The maximum atomic E-state index is 11.5. The minimum absolute atomic E-state index is 0.233. The molecule has 0 bridgehead atoms. The SMILES string of the molecule is C=CCn1c(C)nnc1S[C@@H](CC)C(=O)OC. The molecule has 0 aliphatic heterocycles. The summed E-state index contributed by atoms with van der Waals surface area (Å²) in [6, 6.07) is 0. The molecule has 1 heterocycles. The summed E-state index contributed by atoms with van der Waals surface area (Å²) < 4.78 is 6.66. The van der Waals surface area contributed by atoms with Gasteiger partial charge >= 0.3 is 5.97 Å². The predicted molar refractivity (Wildman–Crippen MR) is 66.9 cm³/mol. The molecule has 0 spiro atoms. The quantitative estimate of drug-likeness (QED) is 0.441. The lowest BCUT2D eigenvalue weighted by molar-refractivity contribution is -0.140. The molecule has 1 atom stereocenters. The van der Waals surface area contributed by atoms with Crippen LogP contribution in [0.3, 0.4) is 0 Å². The maximum absolute atomic E-state index is 11.5. The molecule has 1 aromatic heterocycles. The van der Waals surface area contributed by atoms with Gasteiger partial charge in [-0.1, -0.05) is 24.8 Å². The summed E-state index contributed by atoms with van der Waals surface area (Å²) in [5, 5.41) is 8.54. The fourth-order valence-corrected chi connectivity index (χ4v) is 2.38. The van der Waals surface area contributed by atoms with E-state index in [2.05, 4.69) is 16.8 Å². The molecule has 0 amide bonds. The topological polar surface area (TPSA) is 57.0 Å². The molecule has 17 heavy (non-hydrogen) atoms. The molecular formula is C11H17N3O2S. The van der Waals surface area contributed by atoms with Crippen LogP contribution in [0.15, 0.2) is 17.8 Å². The summed E-state index contributed by atoms with van der Waals surface area (Å²) in [4.78, 5) is 11.5. The molecule has 0 saturated carbocycles. The van der Waals surface area contributed by atoms with E-state index in [4.69, 9.17) is 4.74 Å². The fraction of sp³-hybridized carbons (Fsp3) is 0.545. The van der Waals surface area contributed by atoms with Crippen molar-refractivity contribution in [3.8, 4) is 0 Å². The van der Waals surface area contributed by atoms with E-state index in [1.807, 2.05) is 18.4 Å². The number of aromatic nitrogens is 3. The van der Waals surface area contributed by atoms with Crippen LogP contribution in [0.5, 0.6) is 0 Å². The minimum atomic E-state index is -0.243. The molecule has 0 fully saturated rings. The summed E-state index contributed by atoms with van der Waals surface area (Å²) in [6.45, 7) is 8.14. The third-order valence-corrected chi connectivity index (χ3v) is 3.62. The van der Waals surface area contributed by atoms with E-state index >= 15 is 0 Å². The molecule has 0 aliphatic carbocycles. The number of allylic oxidation sites excluding steroid dienone is 1. The second kappa shape index (κ2) is 6.44. The van der Waals surface area contributed by atoms with Crippen molar-refractivity contribution in [2.45, 2.75) is 37.2 Å². The van der Waals surface area contributed by atoms with Crippen molar-refractivity contribution in [1.29, 1.82) is 0 Å². The Labute approximate surface area is 105 Å². The molecule has 0 N–H and O–H groups in total. The van der Waals surface area contributed by atoms with Crippen molar-refractivity contribution in [2.24, 2.45) is 0 Å². The van der Waals surface area contributed by atoms with Gasteiger partial charge in [0.2, 0.25) is 0 Å². The average Bonchev–Trinajstić information content (AvgIpc) is 2.67. The number of thioether (sulfide) groups is 1. The highest BCUT2D eigenvalue weighted by Crippen LogP contribution is 2.25. The van der Waals surface area contributed by atoms with E-state index in [1.165, 1.54) is 18.9 Å². The Hall–Kier alpha value is -1.30. The molecule has 0 aromatic carbocycles. The van der Waals surface area contributed by atoms with Crippen LogP contribution in [0, 0.1) is 6.92 Å². The van der Waals surface area contributed by atoms with E-state index in [0.717, 1.165) is 11.0 Å². The zero-order chi connectivity index (χ0) is 12.8. The number of nitrogens with zero attached hydrogens (tertiary/aromatic N) is 3. The fourth-order valence-electron chi connectivity index (χ4n) is 1.34. The van der Waals surface area contributed by atoms with Gasteiger partial charge in [-0.05, 0) is 13.3 Å². The molecule has 0 unspecified atom stereocenters. The lowest BCUT2D eigenvalue weighted by atomic mass is 10.3. The smallest absolute Gasteiger partial charge is 0.319 e. The molecular weight excluding hydrogens is 238 g/mol. The molecule has 6 heteroatoms. The standard InChI is InChI=1S/C11H17N3O2S/c1-5-7-14-8(3)12-13-11(14)17-9(6-2)10(15)16-4/h5,9H,1,6-7H2,2-4H3/t9-/m0/s1. The highest BCUT2D eigenvalue weighted by Gasteiger charge is 2.21. The first-order valence-electron chi connectivity index (χ1n) is 5.39. The monoisotopic (exact) mass is 255 g/mol. The number of esters is 1. The zero-order valence-corrected chi connectivity index (χ0v) is 11.2. The second-order valence-electron chi connectivity index (χ2n) is 3.47. The first-order chi connectivity index (χ1) is 8.13. The van der Waals surface area contributed by atoms with E-state index < -0.39 is 0 Å². The molecule has 0 aliphatic rings. The van der Waals surface area contributed by atoms with Gasteiger partial charge < -0.3 is 9.30 Å². The van der Waals surface area contributed by atoms with E-state index in [9.17, 15) is 4.79 Å². The first-order valence-corrected chi connectivity index (χ1v) is 6.27. The normalized spacial score (nSPS) is 12.2. The van der Waals surface area contributed by atoms with Gasteiger partial charge in [0.05, 0.1) is 7.11 Å². The highest BCUT2D eigenvalue weighted by atomic mass is 32.2. The van der Waals surface area contributed by atoms with E-state index in [0.29, 0.717) is 13.0 Å². The van der Waals surface area contributed by atoms with Gasteiger partial charge in [-0.15, -0.1) is 16.8 Å². The van der Waals surface area contributed by atoms with Crippen LogP contribution >= 0.6 is 11.8 Å². The Morgan fingerprint density at radius 2 is 2.35 bits per heavy atom. The van der Waals surface area contributed by atoms with Crippen LogP contribution in [-0.2, 0) is 16.1 Å². The van der Waals surface area contributed by atoms with Gasteiger partial charge in [0.25, 0.3) is 0 Å². The molecule has 0 radical (unpaired) electrons. The number of ether oxygens (including phenoxy) is 1. The Kier molecular flexibility index (Phi) is 5.21. The zero-order valence-electron chi connectivity index (χ0n) is 10.3. The third kappa shape index (κ3) is 3.33. The minimum Gasteiger partial charge on any atom is -0.468 e. The molecule has 5 nitrogen and oxygen atoms in total. The third-order valence-electron chi connectivity index (χ3n) is 2.30. The van der Waals surface area contributed by atoms with Gasteiger partial charge in [0.15, 0.2) is 5.16 Å². The first kappa shape index (κ1) is 13.8. The van der Waals surface area contributed by atoms with Crippen LogP contribution in [0.4, 0.5) is 0 Å². The molecule has 0 saturated heterocycles. The Morgan fingerprint density at radius 1 is 1.65 bits per heavy atom. The van der Waals surface area contributed by atoms with Gasteiger partial charge in [-0.3, -0.25) is 4.79 Å². The Balaban J connectivity index is 2.85. The van der Waals surface area contributed by atoms with Crippen molar-refractivity contribution < 1.29 is 9.53 Å². The second-order valence-corrected chi connectivity index (χ2v) is 4.64. The molecule has 1 rings (SSSR count). The summed E-state index contributed by atoms with van der Waals surface area (Å²) in [5.74, 6) is 0.579. The number of hydrogen-bond donors (Lipinski definition) is 0. The number of aryl methyl sites for hydroxylation is 1. The number of rotatable bonds is 6. The average molecular weight is 255 g/mol. The molecule has 94 valence electrons. The van der Waals surface area contributed by atoms with Crippen LogP contribution < -0.4 is 0 Å². The van der Waals surface area contributed by atoms with E-state index in [-0.39, 0.29) is 11.2 Å². The van der Waals surface area contributed by atoms with Gasteiger partial charge in [0.1, 0.15) is 11.1 Å². The van der Waals surface area contributed by atoms with Crippen molar-refractivity contribution in [3.05, 3.63) is 18.5 Å². The number of methoxy groups -OCH3 is 1. The van der Waals surface area contributed by atoms with Gasteiger partial charge in [-0.25, -0.2) is 0 Å². The number of hydrogen-bond acceptors (Lipinski definition) is 5. The number of carbonyl (C=O) groups is 1. The Morgan fingerprint density at radius 3 is 2.88 bits per heavy atom. The van der Waals surface area contributed by atoms with Gasteiger partial charge in [0, 0.05) is 6.54 Å². The van der Waals surface area contributed by atoms with Crippen molar-refractivity contribution in [2.75, 3.05) is 7.11 Å². The maximum Gasteiger partial charge on any atom is 0.319 e. The Bertz CT molecular complexity index is 403. The van der Waals surface area contributed by atoms with Crippen molar-refractivity contribution in [1.82, 2.24) is 14.8 Å². The summed E-state index contributed by atoms with van der Waals surface area (Å²) in [5.41, 5.74) is 0. The largest absolute Gasteiger partial charge is 0.468 e. The van der Waals surface area contributed by atoms with Crippen LogP contribution in [0.2, 0.25) is 0 Å². The van der Waals surface area contributed by atoms with Crippen LogP contribution in [-0.4, -0.2) is 33.1 Å². The van der Waals surface area contributed by atoms with E-state index in [1.54, 1.807) is 6.08 Å². The lowest BCUT2D eigenvalue weighted by Crippen LogP contribution is -2.18. The highest BCUT2D eigenvalue weighted by molar-refractivity contribution is 8.00. The predicted octanol–water partition coefficient (Wildman–Crippen LogP) is 1.82. The lowest BCUT2D eigenvalue weighted by Gasteiger charge is -2.12. The van der Waals surface area contributed by atoms with Crippen molar-refractivity contribution in [3.63, 3.8) is 0 Å². The number of carbonyl (C=O) groups excluding carboxylic acids is 1. The summed E-state index contributed by atoms with van der Waals surface area (Å²) in [6.07, 6.45) is 2.47. The van der Waals surface area contributed by atoms with Gasteiger partial charge in [-0.2, -0.15) is 0 Å². The van der Waals surface area contributed by atoms with Crippen LogP contribution in [0.25, 0.3) is 0 Å².